The number of methoxy groups -OCH3 is 1. The van der Waals surface area contributed by atoms with Gasteiger partial charge in [0.2, 0.25) is 0 Å². The van der Waals surface area contributed by atoms with Crippen LogP contribution in [0.15, 0.2) is 65.6 Å². The molecule has 5 rings (SSSR count). The number of rotatable bonds is 12. The molecule has 11 heteroatoms. The van der Waals surface area contributed by atoms with Crippen molar-refractivity contribution in [3.8, 4) is 11.3 Å². The van der Waals surface area contributed by atoms with Crippen LogP contribution >= 0.6 is 11.6 Å². The highest BCUT2D eigenvalue weighted by atomic mass is 35.5. The summed E-state index contributed by atoms with van der Waals surface area (Å²) in [4.78, 5) is 13.0. The summed E-state index contributed by atoms with van der Waals surface area (Å²) in [6.45, 7) is 4.38. The molecule has 1 heterocycles. The van der Waals surface area contributed by atoms with Crippen LogP contribution in [-0.2, 0) is 27.3 Å². The van der Waals surface area contributed by atoms with Gasteiger partial charge in [0.15, 0.2) is 0 Å². The molecule has 1 fully saturated rings. The smallest absolute Gasteiger partial charge is 0.255 e. The molecule has 0 spiro atoms. The van der Waals surface area contributed by atoms with Crippen molar-refractivity contribution in [1.29, 1.82) is 0 Å². The van der Waals surface area contributed by atoms with Crippen LogP contribution in [0.2, 0.25) is 5.02 Å². The quantitative estimate of drug-likeness (QED) is 0.110. The highest BCUT2D eigenvalue weighted by Crippen LogP contribution is 2.48. The maximum atomic E-state index is 13.6. The van der Waals surface area contributed by atoms with Gasteiger partial charge in [0, 0.05) is 47.5 Å². The molecule has 1 amide bonds. The summed E-state index contributed by atoms with van der Waals surface area (Å²) in [6, 6.07) is 14.4. The molecular formula is C31H29ClFN2O6S-. The first-order valence-corrected chi connectivity index (χ1v) is 14.6. The van der Waals surface area contributed by atoms with Gasteiger partial charge in [0.1, 0.15) is 24.0 Å². The second-order valence-electron chi connectivity index (χ2n) is 10.0. The minimum atomic E-state index is -2.64. The van der Waals surface area contributed by atoms with Gasteiger partial charge >= 0.3 is 0 Å². The number of benzene rings is 3. The maximum Gasteiger partial charge on any atom is 0.255 e. The number of carbonyl (C=O) groups is 1. The third-order valence-electron chi connectivity index (χ3n) is 7.08. The minimum Gasteiger partial charge on any atom is -0.755 e. The number of hydrogen-bond acceptors (Lipinski definition) is 6. The van der Waals surface area contributed by atoms with Crippen molar-refractivity contribution in [3.05, 3.63) is 94.3 Å². The van der Waals surface area contributed by atoms with E-state index in [2.05, 4.69) is 11.9 Å². The number of furan rings is 1. The van der Waals surface area contributed by atoms with Crippen molar-refractivity contribution in [2.75, 3.05) is 31.9 Å². The van der Waals surface area contributed by atoms with Gasteiger partial charge in [-0.3, -0.25) is 13.3 Å². The molecule has 1 unspecified atom stereocenters. The van der Waals surface area contributed by atoms with Crippen molar-refractivity contribution in [3.63, 3.8) is 0 Å². The topological polar surface area (TPSA) is 104 Å². The van der Waals surface area contributed by atoms with Crippen molar-refractivity contribution >= 4 is 51.0 Å². The number of nitrogens with zero attached hydrogens (tertiary/aromatic N) is 1. The summed E-state index contributed by atoms with van der Waals surface area (Å²) in [5.41, 5.74) is 4.44. The molecule has 220 valence electrons. The Labute approximate surface area is 250 Å². The fraction of sp³-hybridized carbons (Fsp3) is 0.258. The lowest BCUT2D eigenvalue weighted by molar-refractivity contribution is -0.0164. The van der Waals surface area contributed by atoms with Gasteiger partial charge in [-0.15, -0.1) is 0 Å². The van der Waals surface area contributed by atoms with Crippen LogP contribution in [0.25, 0.3) is 27.9 Å². The Balaban J connectivity index is 1.55. The number of hydrogen-bond donors (Lipinski definition) is 1. The van der Waals surface area contributed by atoms with Crippen LogP contribution in [0.3, 0.4) is 0 Å². The molecule has 1 N–H and O–H groups in total. The molecule has 8 nitrogen and oxygen atoms in total. The van der Waals surface area contributed by atoms with E-state index < -0.39 is 17.1 Å². The number of anilines is 1. The predicted molar refractivity (Wildman–Crippen MR) is 160 cm³/mol. The minimum absolute atomic E-state index is 0.0157. The summed E-state index contributed by atoms with van der Waals surface area (Å²) in [6.07, 6.45) is 1.78. The summed E-state index contributed by atoms with van der Waals surface area (Å²) in [7, 11) is 3.05. The molecule has 1 aliphatic carbocycles. The Kier molecular flexibility index (Phi) is 9.10. The third kappa shape index (κ3) is 6.28. The Morgan fingerprint density at radius 1 is 1.21 bits per heavy atom. The van der Waals surface area contributed by atoms with Crippen molar-refractivity contribution in [2.24, 2.45) is 0 Å². The lowest BCUT2D eigenvalue weighted by Gasteiger charge is -2.29. The van der Waals surface area contributed by atoms with Crippen LogP contribution in [0.4, 0.5) is 10.1 Å². The zero-order valence-corrected chi connectivity index (χ0v) is 24.6. The highest BCUT2D eigenvalue weighted by molar-refractivity contribution is 7.80. The Morgan fingerprint density at radius 2 is 1.95 bits per heavy atom. The van der Waals surface area contributed by atoms with E-state index in [1.165, 1.54) is 42.7 Å². The van der Waals surface area contributed by atoms with E-state index in [1.54, 1.807) is 24.3 Å². The number of halogens is 2. The summed E-state index contributed by atoms with van der Waals surface area (Å²) in [5, 5.41) is 3.62. The average Bonchev–Trinajstić information content (AvgIpc) is 3.75. The van der Waals surface area contributed by atoms with Gasteiger partial charge in [0.25, 0.3) is 5.91 Å². The molecule has 0 saturated heterocycles. The fourth-order valence-electron chi connectivity index (χ4n) is 4.89. The molecule has 42 heavy (non-hydrogen) atoms. The molecular weight excluding hydrogens is 583 g/mol. The summed E-state index contributed by atoms with van der Waals surface area (Å²) in [5.74, 6) is -0.371. The van der Waals surface area contributed by atoms with Crippen LogP contribution < -0.4 is 9.62 Å². The highest BCUT2D eigenvalue weighted by Gasteiger charge is 2.31. The van der Waals surface area contributed by atoms with E-state index in [-0.39, 0.29) is 37.5 Å². The van der Waals surface area contributed by atoms with Gasteiger partial charge in [-0.25, -0.2) is 4.39 Å². The number of amides is 1. The van der Waals surface area contributed by atoms with E-state index >= 15 is 0 Å². The largest absolute Gasteiger partial charge is 0.755 e. The number of nitrogens with one attached hydrogen (secondary N) is 1. The van der Waals surface area contributed by atoms with Crippen LogP contribution in [0.1, 0.15) is 45.8 Å². The Hall–Kier alpha value is -3.54. The number of ether oxygens (including phenoxy) is 2. The molecule has 3 aromatic carbocycles. The van der Waals surface area contributed by atoms with Gasteiger partial charge < -0.3 is 23.8 Å². The Bertz CT molecular complexity index is 1670. The molecule has 1 aromatic heterocycles. The normalized spacial score (nSPS) is 13.7. The lowest BCUT2D eigenvalue weighted by atomic mass is 10.00. The van der Waals surface area contributed by atoms with E-state index in [0.29, 0.717) is 49.5 Å². The monoisotopic (exact) mass is 611 g/mol. The van der Waals surface area contributed by atoms with Gasteiger partial charge in [-0.05, 0) is 77.4 Å². The summed E-state index contributed by atoms with van der Waals surface area (Å²) >= 11 is 3.91. The molecule has 0 radical (unpaired) electrons. The van der Waals surface area contributed by atoms with Crippen LogP contribution in [-0.4, -0.2) is 42.2 Å². The van der Waals surface area contributed by atoms with Gasteiger partial charge in [-0.1, -0.05) is 30.3 Å². The van der Waals surface area contributed by atoms with Crippen LogP contribution in [0.5, 0.6) is 0 Å². The lowest BCUT2D eigenvalue weighted by Crippen LogP contribution is -2.26. The zero-order chi connectivity index (χ0) is 30.0. The van der Waals surface area contributed by atoms with Crippen molar-refractivity contribution in [1.82, 2.24) is 5.32 Å². The predicted octanol–water partition coefficient (Wildman–Crippen LogP) is 6.56. The SMILES string of the molecule is C=C(COCOC)c1ccc(CN(c2cc3oc(-c4ccc(F)cc4)c(C(=O)NC)c3cc2C2CC2)S(=O)[O-])cc1Cl. The van der Waals surface area contributed by atoms with Crippen molar-refractivity contribution in [2.45, 2.75) is 25.3 Å². The zero-order valence-electron chi connectivity index (χ0n) is 23.1. The van der Waals surface area contributed by atoms with Crippen molar-refractivity contribution < 1.29 is 31.8 Å². The van der Waals surface area contributed by atoms with E-state index in [1.807, 2.05) is 6.07 Å². The first-order valence-electron chi connectivity index (χ1n) is 13.2. The van der Waals surface area contributed by atoms with E-state index in [4.69, 9.17) is 25.5 Å². The molecule has 0 bridgehead atoms. The standard InChI is InChI=1S/C31H30ClFN2O6S/c1-18(16-40-17-39-3)23-11-4-19(12-26(23)32)15-35(42(37)38)27-14-28-25(13-24(27)20-5-6-20)29(31(36)34-2)30(41-28)21-7-9-22(33)10-8-21/h4,7-14,20H,1,5-6,15-17H2,2-3H3,(H,34,36)(H,37,38)/p-1. The number of fused-ring (bicyclic) bond motifs is 1. The maximum absolute atomic E-state index is 13.6. The molecule has 1 aliphatic rings. The average molecular weight is 612 g/mol. The first kappa shape index (κ1) is 29.9. The second-order valence-corrected chi connectivity index (χ2v) is 11.3. The first-order chi connectivity index (χ1) is 20.2. The fourth-order valence-corrected chi connectivity index (χ4v) is 5.80. The molecule has 1 saturated carbocycles. The van der Waals surface area contributed by atoms with Gasteiger partial charge in [0.05, 0.1) is 24.4 Å². The van der Waals surface area contributed by atoms with E-state index in [0.717, 1.165) is 18.4 Å². The van der Waals surface area contributed by atoms with Crippen LogP contribution in [0, 0.1) is 5.82 Å². The third-order valence-corrected chi connectivity index (χ3v) is 8.08. The van der Waals surface area contributed by atoms with Gasteiger partial charge in [-0.2, -0.15) is 0 Å². The molecule has 1 atom stereocenters. The summed E-state index contributed by atoms with van der Waals surface area (Å²) < 4.78 is 56.6. The Morgan fingerprint density at radius 3 is 2.57 bits per heavy atom. The number of carbonyl (C=O) groups excluding carboxylic acids is 1. The molecule has 4 aromatic rings. The molecule has 0 aliphatic heterocycles. The second kappa shape index (κ2) is 12.8. The van der Waals surface area contributed by atoms with E-state index in [9.17, 15) is 17.9 Å².